The van der Waals surface area contributed by atoms with E-state index >= 15 is 0 Å². The Morgan fingerprint density at radius 1 is 1.37 bits per heavy atom. The zero-order valence-corrected chi connectivity index (χ0v) is 11.5. The van der Waals surface area contributed by atoms with Gasteiger partial charge in [-0.2, -0.15) is 13.2 Å². The highest BCUT2D eigenvalue weighted by Gasteiger charge is 2.33. The third-order valence-corrected chi connectivity index (χ3v) is 3.71. The molecule has 1 aromatic carbocycles. The summed E-state index contributed by atoms with van der Waals surface area (Å²) in [5.74, 6) is -0.341. The minimum absolute atomic E-state index is 0.218. The Morgan fingerprint density at radius 3 is 2.68 bits per heavy atom. The van der Waals surface area contributed by atoms with E-state index in [1.165, 1.54) is 11.0 Å². The van der Waals surface area contributed by atoms with E-state index in [2.05, 4.69) is 15.9 Å². The number of halogens is 4. The molecule has 0 bridgehead atoms. The summed E-state index contributed by atoms with van der Waals surface area (Å²) in [7, 11) is 0. The van der Waals surface area contributed by atoms with Crippen LogP contribution < -0.4 is 10.6 Å². The number of rotatable bonds is 1. The van der Waals surface area contributed by atoms with Gasteiger partial charge >= 0.3 is 6.18 Å². The fourth-order valence-corrected chi connectivity index (χ4v) is 2.50. The van der Waals surface area contributed by atoms with Crippen molar-refractivity contribution in [1.82, 2.24) is 0 Å². The zero-order valence-electron chi connectivity index (χ0n) is 9.88. The number of anilines is 1. The molecule has 1 unspecified atom stereocenters. The summed E-state index contributed by atoms with van der Waals surface area (Å²) in [6.07, 6.45) is -3.20. The number of hydrogen-bond donors (Lipinski definition) is 1. The van der Waals surface area contributed by atoms with Gasteiger partial charge in [-0.05, 0) is 47.0 Å². The summed E-state index contributed by atoms with van der Waals surface area (Å²) in [4.78, 5) is 13.3. The van der Waals surface area contributed by atoms with Crippen molar-refractivity contribution in [2.24, 2.45) is 5.73 Å². The average Bonchev–Trinajstić information content (AvgIpc) is 2.32. The average molecular weight is 337 g/mol. The van der Waals surface area contributed by atoms with Crippen LogP contribution >= 0.6 is 15.9 Å². The number of nitrogens with zero attached hydrogens (tertiary/aromatic N) is 1. The van der Waals surface area contributed by atoms with Gasteiger partial charge in [-0.15, -0.1) is 0 Å². The van der Waals surface area contributed by atoms with E-state index in [-0.39, 0.29) is 11.6 Å². The molecule has 1 aliphatic rings. The quantitative estimate of drug-likeness (QED) is 0.857. The normalized spacial score (nSPS) is 20.8. The first-order valence-corrected chi connectivity index (χ1v) is 6.53. The maximum absolute atomic E-state index is 12.7. The third kappa shape index (κ3) is 2.92. The molecular formula is C12H12BrF3N2O. The molecule has 0 saturated carbocycles. The van der Waals surface area contributed by atoms with E-state index in [0.717, 1.165) is 12.1 Å². The molecule has 1 atom stereocenters. The van der Waals surface area contributed by atoms with Crippen LogP contribution in [-0.2, 0) is 11.0 Å². The molecule has 1 fully saturated rings. The number of nitrogens with two attached hydrogens (primary N) is 1. The van der Waals surface area contributed by atoms with Gasteiger partial charge in [0.15, 0.2) is 0 Å². The first-order valence-electron chi connectivity index (χ1n) is 5.74. The van der Waals surface area contributed by atoms with Crippen LogP contribution in [0.1, 0.15) is 18.4 Å². The van der Waals surface area contributed by atoms with Crippen LogP contribution in [0.2, 0.25) is 0 Å². The Kier molecular flexibility index (Phi) is 3.87. The van der Waals surface area contributed by atoms with Crippen LogP contribution in [0.5, 0.6) is 0 Å². The van der Waals surface area contributed by atoms with Crippen LogP contribution in [-0.4, -0.2) is 18.5 Å². The predicted octanol–water partition coefficient (Wildman–Crippen LogP) is 2.92. The molecule has 0 spiro atoms. The lowest BCUT2D eigenvalue weighted by Gasteiger charge is -2.31. The highest BCUT2D eigenvalue weighted by molar-refractivity contribution is 9.10. The van der Waals surface area contributed by atoms with Gasteiger partial charge in [-0.1, -0.05) is 0 Å². The molecule has 19 heavy (non-hydrogen) atoms. The second-order valence-corrected chi connectivity index (χ2v) is 5.26. The fourth-order valence-electron chi connectivity index (χ4n) is 2.04. The number of piperidine rings is 1. The number of hydrogen-bond acceptors (Lipinski definition) is 2. The molecule has 1 amide bonds. The Balaban J connectivity index is 2.41. The summed E-state index contributed by atoms with van der Waals surface area (Å²) in [5.41, 5.74) is 5.09. The van der Waals surface area contributed by atoms with E-state index in [1.54, 1.807) is 0 Å². The van der Waals surface area contributed by atoms with Crippen molar-refractivity contribution in [2.75, 3.05) is 11.4 Å². The van der Waals surface area contributed by atoms with E-state index < -0.39 is 17.8 Å². The van der Waals surface area contributed by atoms with Crippen LogP contribution in [0.15, 0.2) is 22.7 Å². The van der Waals surface area contributed by atoms with Gasteiger partial charge in [0.05, 0.1) is 17.3 Å². The number of benzene rings is 1. The minimum atomic E-state index is -4.43. The molecule has 104 valence electrons. The standard InChI is InChI=1S/C12H12BrF3N2O/c13-8-4-3-7(12(14,15)16)6-10(8)18-5-1-2-9(17)11(18)19/h3-4,6,9H,1-2,5,17H2. The lowest BCUT2D eigenvalue weighted by Crippen LogP contribution is -2.48. The monoisotopic (exact) mass is 336 g/mol. The van der Waals surface area contributed by atoms with Crippen LogP contribution in [0.4, 0.5) is 18.9 Å². The Labute approximate surface area is 116 Å². The molecule has 0 radical (unpaired) electrons. The van der Waals surface area contributed by atoms with Crippen LogP contribution in [0, 0.1) is 0 Å². The first kappa shape index (κ1) is 14.3. The SMILES string of the molecule is NC1CCCN(c2cc(C(F)(F)F)ccc2Br)C1=O. The minimum Gasteiger partial charge on any atom is -0.320 e. The number of carbonyl (C=O) groups excluding carboxylic acids is 1. The van der Waals surface area contributed by atoms with Gasteiger partial charge in [0.25, 0.3) is 0 Å². The van der Waals surface area contributed by atoms with E-state index in [4.69, 9.17) is 5.73 Å². The highest BCUT2D eigenvalue weighted by atomic mass is 79.9. The maximum atomic E-state index is 12.7. The van der Waals surface area contributed by atoms with Gasteiger partial charge < -0.3 is 10.6 Å². The van der Waals surface area contributed by atoms with Crippen molar-refractivity contribution in [2.45, 2.75) is 25.1 Å². The van der Waals surface area contributed by atoms with Crippen LogP contribution in [0.3, 0.4) is 0 Å². The Morgan fingerprint density at radius 2 is 2.05 bits per heavy atom. The molecule has 0 aliphatic carbocycles. The van der Waals surface area contributed by atoms with E-state index in [1.807, 2.05) is 0 Å². The zero-order chi connectivity index (χ0) is 14.2. The molecule has 2 rings (SSSR count). The number of carbonyl (C=O) groups is 1. The summed E-state index contributed by atoms with van der Waals surface area (Å²) >= 11 is 3.18. The number of alkyl halides is 3. The molecule has 0 aromatic heterocycles. The molecule has 7 heteroatoms. The topological polar surface area (TPSA) is 46.3 Å². The predicted molar refractivity (Wildman–Crippen MR) is 68.7 cm³/mol. The summed E-state index contributed by atoms with van der Waals surface area (Å²) in [6, 6.07) is 2.60. The highest BCUT2D eigenvalue weighted by Crippen LogP contribution is 2.36. The van der Waals surface area contributed by atoms with Gasteiger partial charge in [-0.25, -0.2) is 0 Å². The van der Waals surface area contributed by atoms with E-state index in [0.29, 0.717) is 23.9 Å². The summed E-state index contributed by atoms with van der Waals surface area (Å²) in [6.45, 7) is 0.381. The molecule has 1 saturated heterocycles. The molecule has 3 nitrogen and oxygen atoms in total. The second kappa shape index (κ2) is 5.13. The molecule has 1 heterocycles. The van der Waals surface area contributed by atoms with Crippen molar-refractivity contribution >= 4 is 27.5 Å². The lowest BCUT2D eigenvalue weighted by molar-refractivity contribution is -0.137. The second-order valence-electron chi connectivity index (χ2n) is 4.40. The van der Waals surface area contributed by atoms with Gasteiger partial charge in [0.2, 0.25) is 5.91 Å². The summed E-state index contributed by atoms with van der Waals surface area (Å²) < 4.78 is 38.5. The Hall–Kier alpha value is -1.08. The van der Waals surface area contributed by atoms with Gasteiger partial charge in [0.1, 0.15) is 0 Å². The van der Waals surface area contributed by atoms with Crippen molar-refractivity contribution in [1.29, 1.82) is 0 Å². The number of amides is 1. The van der Waals surface area contributed by atoms with Crippen molar-refractivity contribution in [3.05, 3.63) is 28.2 Å². The van der Waals surface area contributed by atoms with Crippen LogP contribution in [0.25, 0.3) is 0 Å². The fraction of sp³-hybridized carbons (Fsp3) is 0.417. The van der Waals surface area contributed by atoms with Crippen molar-refractivity contribution in [3.63, 3.8) is 0 Å². The van der Waals surface area contributed by atoms with E-state index in [9.17, 15) is 18.0 Å². The third-order valence-electron chi connectivity index (χ3n) is 3.04. The lowest BCUT2D eigenvalue weighted by atomic mass is 10.0. The van der Waals surface area contributed by atoms with Gasteiger partial charge in [-0.3, -0.25) is 4.79 Å². The molecule has 1 aliphatic heterocycles. The first-order chi connectivity index (χ1) is 8.80. The smallest absolute Gasteiger partial charge is 0.320 e. The van der Waals surface area contributed by atoms with Crippen molar-refractivity contribution < 1.29 is 18.0 Å². The largest absolute Gasteiger partial charge is 0.416 e. The summed E-state index contributed by atoms with van der Waals surface area (Å²) in [5, 5.41) is 0. The van der Waals surface area contributed by atoms with Gasteiger partial charge in [0, 0.05) is 11.0 Å². The Bertz CT molecular complexity index is 504. The van der Waals surface area contributed by atoms with Crippen molar-refractivity contribution in [3.8, 4) is 0 Å². The molecular weight excluding hydrogens is 325 g/mol. The maximum Gasteiger partial charge on any atom is 0.416 e. The molecule has 2 N–H and O–H groups in total. The molecule has 1 aromatic rings.